The highest BCUT2D eigenvalue weighted by atomic mass is 32.2. The van der Waals surface area contributed by atoms with E-state index in [0.29, 0.717) is 28.2 Å². The normalized spacial score (nSPS) is 11.8. The fraction of sp³-hybridized carbons (Fsp3) is 0.0833. The van der Waals surface area contributed by atoms with Crippen molar-refractivity contribution in [2.45, 2.75) is 4.90 Å². The lowest BCUT2D eigenvalue weighted by atomic mass is 10.1. The van der Waals surface area contributed by atoms with Crippen LogP contribution in [0.2, 0.25) is 0 Å². The summed E-state index contributed by atoms with van der Waals surface area (Å²) in [4.78, 5) is 15.3. The minimum Gasteiger partial charge on any atom is -0.497 e. The van der Waals surface area contributed by atoms with E-state index < -0.39 is 15.9 Å². The van der Waals surface area contributed by atoms with Gasteiger partial charge in [-0.25, -0.2) is 0 Å². The van der Waals surface area contributed by atoms with Crippen molar-refractivity contribution >= 4 is 32.6 Å². The Balaban J connectivity index is 1.78. The molecule has 10 heteroatoms. The number of para-hydroxylation sites is 1. The van der Waals surface area contributed by atoms with Gasteiger partial charge in [0.25, 0.3) is 15.9 Å². The number of sulfonamides is 1. The number of nitrogens with one attached hydrogen (secondary N) is 2. The van der Waals surface area contributed by atoms with E-state index >= 15 is 0 Å². The van der Waals surface area contributed by atoms with E-state index in [2.05, 4.69) is 15.2 Å². The molecular weight excluding hydrogens is 458 g/mol. The lowest BCUT2D eigenvalue weighted by Gasteiger charge is -2.09. The molecule has 1 amide bonds. The zero-order valence-corrected chi connectivity index (χ0v) is 19.1. The number of methoxy groups -OCH3 is 2. The Bertz CT molecular complexity index is 1500. The number of ether oxygens (including phenoxy) is 2. The van der Waals surface area contributed by atoms with Crippen LogP contribution >= 0.6 is 0 Å². The molecule has 0 saturated heterocycles. The number of anilines is 1. The summed E-state index contributed by atoms with van der Waals surface area (Å²) < 4.78 is 41.6. The number of carbonyl (C=O) groups is 1. The van der Waals surface area contributed by atoms with Crippen molar-refractivity contribution in [2.24, 2.45) is 5.10 Å². The van der Waals surface area contributed by atoms with Gasteiger partial charge in [0.1, 0.15) is 11.3 Å². The van der Waals surface area contributed by atoms with Crippen molar-refractivity contribution in [1.29, 1.82) is 0 Å². The van der Waals surface area contributed by atoms with E-state index in [1.165, 1.54) is 19.2 Å². The van der Waals surface area contributed by atoms with Gasteiger partial charge in [-0.3, -0.25) is 4.79 Å². The number of rotatable bonds is 7. The second-order valence-electron chi connectivity index (χ2n) is 7.05. The van der Waals surface area contributed by atoms with Crippen LogP contribution in [0.15, 0.2) is 93.3 Å². The van der Waals surface area contributed by atoms with E-state index in [1.54, 1.807) is 73.8 Å². The van der Waals surface area contributed by atoms with Crippen molar-refractivity contribution < 1.29 is 27.1 Å². The van der Waals surface area contributed by atoms with Crippen molar-refractivity contribution in [3.8, 4) is 11.5 Å². The van der Waals surface area contributed by atoms with Gasteiger partial charge >= 0.3 is 0 Å². The summed E-state index contributed by atoms with van der Waals surface area (Å²) in [6, 6.07) is 21.2. The predicted octanol–water partition coefficient (Wildman–Crippen LogP) is 3.50. The molecule has 174 valence electrons. The standard InChI is InChI=1S/C24H21N3O6S/c1-31-18-13-11-17(12-14-18)25-23(28)20-15-16-7-6-10-21(32-2)22(16)33-24(20)26-27-34(29,30)19-8-4-3-5-9-19/h3-15,27H,1-2H3,(H,25,28)/b26-24+. The molecule has 3 aromatic carbocycles. The Labute approximate surface area is 195 Å². The molecule has 9 nitrogen and oxygen atoms in total. The highest BCUT2D eigenvalue weighted by Gasteiger charge is 2.17. The quantitative estimate of drug-likeness (QED) is 0.392. The van der Waals surface area contributed by atoms with Gasteiger partial charge in [0, 0.05) is 11.1 Å². The first kappa shape index (κ1) is 22.9. The van der Waals surface area contributed by atoms with E-state index in [1.807, 2.05) is 0 Å². The summed E-state index contributed by atoms with van der Waals surface area (Å²) in [5, 5.41) is 7.25. The van der Waals surface area contributed by atoms with Crippen LogP contribution in [0, 0.1) is 0 Å². The third kappa shape index (κ3) is 4.86. The van der Waals surface area contributed by atoms with Crippen molar-refractivity contribution in [1.82, 2.24) is 4.83 Å². The SMILES string of the molecule is COc1ccc(NC(=O)c2cc3cccc(OC)c3o/c2=N/NS(=O)(=O)c2ccccc2)cc1. The van der Waals surface area contributed by atoms with Crippen LogP contribution in [-0.2, 0) is 10.0 Å². The summed E-state index contributed by atoms with van der Waals surface area (Å²) in [6.45, 7) is 0. The highest BCUT2D eigenvalue weighted by Crippen LogP contribution is 2.25. The number of amides is 1. The third-order valence-corrected chi connectivity index (χ3v) is 6.10. The van der Waals surface area contributed by atoms with Crippen molar-refractivity contribution in [3.63, 3.8) is 0 Å². The molecule has 0 radical (unpaired) electrons. The van der Waals surface area contributed by atoms with Crippen LogP contribution in [-0.4, -0.2) is 28.5 Å². The first-order valence-electron chi connectivity index (χ1n) is 10.1. The Kier molecular flexibility index (Phi) is 6.51. The Morgan fingerprint density at radius 2 is 1.65 bits per heavy atom. The first-order chi connectivity index (χ1) is 16.4. The average Bonchev–Trinajstić information content (AvgIpc) is 2.87. The van der Waals surface area contributed by atoms with Crippen LogP contribution in [0.25, 0.3) is 11.0 Å². The van der Waals surface area contributed by atoms with Crippen LogP contribution in [0.1, 0.15) is 10.4 Å². The maximum atomic E-state index is 13.1. The van der Waals surface area contributed by atoms with Gasteiger partial charge in [0.15, 0.2) is 11.3 Å². The number of hydrogen-bond acceptors (Lipinski definition) is 7. The van der Waals surface area contributed by atoms with Crippen LogP contribution in [0.3, 0.4) is 0 Å². The number of nitrogens with zero attached hydrogens (tertiary/aromatic N) is 1. The molecule has 0 saturated carbocycles. The fourth-order valence-electron chi connectivity index (χ4n) is 3.16. The second kappa shape index (κ2) is 9.67. The largest absolute Gasteiger partial charge is 0.497 e. The maximum Gasteiger partial charge on any atom is 0.276 e. The minimum absolute atomic E-state index is 0.0151. The maximum absolute atomic E-state index is 13.1. The van der Waals surface area contributed by atoms with E-state index in [9.17, 15) is 13.2 Å². The smallest absolute Gasteiger partial charge is 0.276 e. The predicted molar refractivity (Wildman–Crippen MR) is 126 cm³/mol. The lowest BCUT2D eigenvalue weighted by molar-refractivity contribution is 0.102. The molecule has 1 aromatic heterocycles. The number of fused-ring (bicyclic) bond motifs is 1. The fourth-order valence-corrected chi connectivity index (χ4v) is 3.98. The molecule has 0 bridgehead atoms. The molecule has 1 heterocycles. The molecule has 0 aliphatic carbocycles. The molecule has 4 aromatic rings. The molecule has 2 N–H and O–H groups in total. The monoisotopic (exact) mass is 479 g/mol. The molecule has 4 rings (SSSR count). The highest BCUT2D eigenvalue weighted by molar-refractivity contribution is 7.89. The van der Waals surface area contributed by atoms with Crippen LogP contribution in [0.5, 0.6) is 11.5 Å². The second-order valence-corrected chi connectivity index (χ2v) is 8.71. The zero-order chi connectivity index (χ0) is 24.1. The number of benzene rings is 3. The zero-order valence-electron chi connectivity index (χ0n) is 18.3. The molecule has 0 atom stereocenters. The lowest BCUT2D eigenvalue weighted by Crippen LogP contribution is -2.27. The van der Waals surface area contributed by atoms with E-state index in [-0.39, 0.29) is 16.0 Å². The number of carbonyl (C=O) groups excluding carboxylic acids is 1. The molecule has 0 fully saturated rings. The Morgan fingerprint density at radius 3 is 2.32 bits per heavy atom. The van der Waals surface area contributed by atoms with Crippen LogP contribution in [0.4, 0.5) is 5.69 Å². The van der Waals surface area contributed by atoms with Gasteiger partial charge in [-0.05, 0) is 48.5 Å². The average molecular weight is 480 g/mol. The summed E-state index contributed by atoms with van der Waals surface area (Å²) >= 11 is 0. The van der Waals surface area contributed by atoms with Gasteiger partial charge in [-0.2, -0.15) is 13.2 Å². The molecule has 0 unspecified atom stereocenters. The van der Waals surface area contributed by atoms with Gasteiger partial charge < -0.3 is 19.2 Å². The van der Waals surface area contributed by atoms with E-state index in [0.717, 1.165) is 0 Å². The summed E-state index contributed by atoms with van der Waals surface area (Å²) in [6.07, 6.45) is 0. The van der Waals surface area contributed by atoms with Crippen molar-refractivity contribution in [3.05, 3.63) is 90.0 Å². The summed E-state index contributed by atoms with van der Waals surface area (Å²) in [5.74, 6) is 0.495. The Hall–Kier alpha value is -4.31. The molecule has 34 heavy (non-hydrogen) atoms. The summed E-state index contributed by atoms with van der Waals surface area (Å²) in [5.41, 5.74) is 0.603. The van der Waals surface area contributed by atoms with Gasteiger partial charge in [0.2, 0.25) is 5.55 Å². The molecule has 0 aliphatic rings. The Morgan fingerprint density at radius 1 is 0.912 bits per heavy atom. The molecule has 0 aliphatic heterocycles. The van der Waals surface area contributed by atoms with Gasteiger partial charge in [-0.1, -0.05) is 30.3 Å². The first-order valence-corrected chi connectivity index (χ1v) is 11.6. The van der Waals surface area contributed by atoms with Crippen molar-refractivity contribution in [2.75, 3.05) is 19.5 Å². The van der Waals surface area contributed by atoms with Gasteiger partial charge in [-0.15, -0.1) is 5.10 Å². The van der Waals surface area contributed by atoms with Crippen LogP contribution < -0.4 is 25.2 Å². The molecule has 0 spiro atoms. The van der Waals surface area contributed by atoms with E-state index in [4.69, 9.17) is 13.9 Å². The van der Waals surface area contributed by atoms with Gasteiger partial charge in [0.05, 0.1) is 19.1 Å². The molecular formula is C24H21N3O6S. The third-order valence-electron chi connectivity index (χ3n) is 4.87. The number of hydrogen-bond donors (Lipinski definition) is 2. The summed E-state index contributed by atoms with van der Waals surface area (Å²) in [7, 11) is -0.970. The minimum atomic E-state index is -3.99. The topological polar surface area (TPSA) is 119 Å².